The normalized spacial score (nSPS) is 11.2. The molecule has 2 aromatic heterocycles. The summed E-state index contributed by atoms with van der Waals surface area (Å²) in [7, 11) is 1.52. The predicted molar refractivity (Wildman–Crippen MR) is 159 cm³/mol. The Labute approximate surface area is 243 Å². The van der Waals surface area contributed by atoms with Gasteiger partial charge >= 0.3 is 0 Å². The molecule has 0 saturated carbocycles. The lowest BCUT2D eigenvalue weighted by Crippen LogP contribution is -2.30. The number of rotatable bonds is 9. The first-order valence-corrected chi connectivity index (χ1v) is 13.7. The molecule has 8 nitrogen and oxygen atoms in total. The number of carbonyl (C=O) groups excluding carboxylic acids is 1. The number of methoxy groups -OCH3 is 1. The number of hydrazone groups is 1. The first kappa shape index (κ1) is 27.4. The standard InChI is InChI=1S/C29H22Cl2N4O4S/c1-38-25-12-18(10-11-24(25)39-15-20-22(30)8-5-9-23(20)31)13-33-34-26(36)14-35-17-32-28-27(29(35)37)21(16-40-28)19-6-3-2-4-7-19/h2-13,16-17H,14-15H2,1H3,(H,34,36)/b33-13+. The molecule has 1 amide bonds. The van der Waals surface area contributed by atoms with Crippen molar-refractivity contribution < 1.29 is 14.3 Å². The van der Waals surface area contributed by atoms with Crippen LogP contribution in [0.1, 0.15) is 11.1 Å². The SMILES string of the molecule is COc1cc(/C=N/NC(=O)Cn2cnc3scc(-c4ccccc4)c3c2=O)ccc1OCc1c(Cl)cccc1Cl. The van der Waals surface area contributed by atoms with Crippen LogP contribution >= 0.6 is 34.5 Å². The number of halogens is 2. The van der Waals surface area contributed by atoms with E-state index in [9.17, 15) is 9.59 Å². The molecule has 202 valence electrons. The van der Waals surface area contributed by atoms with Crippen molar-refractivity contribution in [3.8, 4) is 22.6 Å². The van der Waals surface area contributed by atoms with E-state index in [1.54, 1.807) is 36.4 Å². The molecule has 11 heteroatoms. The van der Waals surface area contributed by atoms with Gasteiger partial charge in [-0.25, -0.2) is 10.4 Å². The summed E-state index contributed by atoms with van der Waals surface area (Å²) in [5.74, 6) is 0.485. The fourth-order valence-electron chi connectivity index (χ4n) is 3.98. The monoisotopic (exact) mass is 592 g/mol. The molecular formula is C29H22Cl2N4O4S. The van der Waals surface area contributed by atoms with E-state index in [0.717, 1.165) is 11.1 Å². The molecule has 40 heavy (non-hydrogen) atoms. The van der Waals surface area contributed by atoms with Crippen molar-refractivity contribution in [3.05, 3.63) is 110 Å². The fourth-order valence-corrected chi connectivity index (χ4v) is 5.40. The Bertz CT molecular complexity index is 1750. The zero-order chi connectivity index (χ0) is 28.1. The van der Waals surface area contributed by atoms with Gasteiger partial charge in [0.1, 0.15) is 18.0 Å². The quantitative estimate of drug-likeness (QED) is 0.163. The minimum Gasteiger partial charge on any atom is -0.493 e. The number of hydrogen-bond acceptors (Lipinski definition) is 7. The summed E-state index contributed by atoms with van der Waals surface area (Å²) in [6, 6.07) is 20.0. The second-order valence-electron chi connectivity index (χ2n) is 8.57. The Morgan fingerprint density at radius 1 is 1.07 bits per heavy atom. The van der Waals surface area contributed by atoms with Crippen LogP contribution in [0, 0.1) is 0 Å². The molecule has 0 bridgehead atoms. The summed E-state index contributed by atoms with van der Waals surface area (Å²) < 4.78 is 12.6. The van der Waals surface area contributed by atoms with Crippen molar-refractivity contribution >= 4 is 56.9 Å². The van der Waals surface area contributed by atoms with Crippen LogP contribution < -0.4 is 20.5 Å². The number of thiophene rings is 1. The molecule has 0 unspecified atom stereocenters. The Hall–Kier alpha value is -4.18. The van der Waals surface area contributed by atoms with Gasteiger partial charge in [-0.15, -0.1) is 11.3 Å². The summed E-state index contributed by atoms with van der Waals surface area (Å²) in [5, 5.41) is 7.43. The summed E-state index contributed by atoms with van der Waals surface area (Å²) in [6.45, 7) is -0.0690. The van der Waals surface area contributed by atoms with Crippen LogP contribution in [0.15, 0.2) is 88.3 Å². The maximum absolute atomic E-state index is 13.2. The second kappa shape index (κ2) is 12.3. The maximum atomic E-state index is 13.2. The van der Waals surface area contributed by atoms with Gasteiger partial charge in [0.05, 0.1) is 25.0 Å². The third-order valence-corrected chi connectivity index (χ3v) is 7.58. The molecule has 0 atom stereocenters. The number of nitrogens with zero attached hydrogens (tertiary/aromatic N) is 3. The molecule has 0 fully saturated rings. The Balaban J connectivity index is 1.24. The topological polar surface area (TPSA) is 94.8 Å². The van der Waals surface area contributed by atoms with Crippen LogP contribution in [0.4, 0.5) is 0 Å². The van der Waals surface area contributed by atoms with Gasteiger partial charge in [-0.1, -0.05) is 59.6 Å². The van der Waals surface area contributed by atoms with Crippen molar-refractivity contribution in [2.75, 3.05) is 7.11 Å². The highest BCUT2D eigenvalue weighted by molar-refractivity contribution is 7.17. The molecule has 0 saturated heterocycles. The van der Waals surface area contributed by atoms with Crippen molar-refractivity contribution in [1.82, 2.24) is 15.0 Å². The van der Waals surface area contributed by atoms with Crippen LogP contribution in [0.25, 0.3) is 21.3 Å². The lowest BCUT2D eigenvalue weighted by Gasteiger charge is -2.13. The minimum absolute atomic E-state index is 0.163. The summed E-state index contributed by atoms with van der Waals surface area (Å²) in [5.41, 5.74) is 5.20. The van der Waals surface area contributed by atoms with E-state index < -0.39 is 5.91 Å². The first-order chi connectivity index (χ1) is 19.4. The van der Waals surface area contributed by atoms with Gasteiger partial charge < -0.3 is 9.47 Å². The molecule has 0 radical (unpaired) electrons. The van der Waals surface area contributed by atoms with E-state index in [1.165, 1.54) is 35.6 Å². The van der Waals surface area contributed by atoms with E-state index in [2.05, 4.69) is 15.5 Å². The first-order valence-electron chi connectivity index (χ1n) is 12.0. The smallest absolute Gasteiger partial charge is 0.263 e. The molecule has 3 aromatic carbocycles. The number of benzene rings is 3. The fraction of sp³-hybridized carbons (Fsp3) is 0.103. The van der Waals surface area contributed by atoms with Gasteiger partial charge in [-0.05, 0) is 41.5 Å². The molecule has 0 aliphatic carbocycles. The number of carbonyl (C=O) groups is 1. The number of fused-ring (bicyclic) bond motifs is 1. The van der Waals surface area contributed by atoms with Crippen molar-refractivity contribution in [1.29, 1.82) is 0 Å². The van der Waals surface area contributed by atoms with Crippen molar-refractivity contribution in [3.63, 3.8) is 0 Å². The van der Waals surface area contributed by atoms with Crippen molar-refractivity contribution in [2.24, 2.45) is 5.10 Å². The van der Waals surface area contributed by atoms with Gasteiger partial charge in [0, 0.05) is 26.6 Å². The third kappa shape index (κ3) is 6.02. The summed E-state index contributed by atoms with van der Waals surface area (Å²) in [6.07, 6.45) is 2.84. The second-order valence-corrected chi connectivity index (χ2v) is 10.2. The van der Waals surface area contributed by atoms with Gasteiger partial charge in [0.25, 0.3) is 11.5 Å². The number of hydrogen-bond donors (Lipinski definition) is 1. The van der Waals surface area contributed by atoms with E-state index in [4.69, 9.17) is 32.7 Å². The zero-order valence-electron chi connectivity index (χ0n) is 21.1. The maximum Gasteiger partial charge on any atom is 0.263 e. The molecule has 2 heterocycles. The number of ether oxygens (including phenoxy) is 2. The van der Waals surface area contributed by atoms with Gasteiger partial charge in [-0.3, -0.25) is 14.2 Å². The lowest BCUT2D eigenvalue weighted by atomic mass is 10.1. The Morgan fingerprint density at radius 3 is 2.60 bits per heavy atom. The number of aromatic nitrogens is 2. The summed E-state index contributed by atoms with van der Waals surface area (Å²) >= 11 is 13.8. The molecule has 5 rings (SSSR count). The van der Waals surface area contributed by atoms with Crippen molar-refractivity contribution in [2.45, 2.75) is 13.2 Å². The Kier molecular flexibility index (Phi) is 8.45. The highest BCUT2D eigenvalue weighted by Gasteiger charge is 2.15. The van der Waals surface area contributed by atoms with Gasteiger partial charge in [0.2, 0.25) is 0 Å². The van der Waals surface area contributed by atoms with E-state index in [0.29, 0.717) is 42.9 Å². The molecule has 0 aliphatic rings. The molecule has 0 aliphatic heterocycles. The zero-order valence-corrected chi connectivity index (χ0v) is 23.5. The summed E-state index contributed by atoms with van der Waals surface area (Å²) in [4.78, 5) is 30.7. The molecule has 0 spiro atoms. The third-order valence-electron chi connectivity index (χ3n) is 5.98. The van der Waals surface area contributed by atoms with Gasteiger partial charge in [0.15, 0.2) is 11.5 Å². The van der Waals surface area contributed by atoms with E-state index in [-0.39, 0.29) is 18.7 Å². The Morgan fingerprint density at radius 2 is 1.85 bits per heavy atom. The van der Waals surface area contributed by atoms with Gasteiger partial charge in [-0.2, -0.15) is 5.10 Å². The van der Waals surface area contributed by atoms with E-state index in [1.807, 2.05) is 35.7 Å². The van der Waals surface area contributed by atoms with Crippen LogP contribution in [0.2, 0.25) is 10.0 Å². The average molecular weight is 593 g/mol. The minimum atomic E-state index is -0.473. The predicted octanol–water partition coefficient (Wildman–Crippen LogP) is 6.17. The van der Waals surface area contributed by atoms with Crippen LogP contribution in [0.5, 0.6) is 11.5 Å². The van der Waals surface area contributed by atoms with Crippen LogP contribution in [0.3, 0.4) is 0 Å². The number of amides is 1. The number of nitrogens with one attached hydrogen (secondary N) is 1. The average Bonchev–Trinajstić information content (AvgIpc) is 3.40. The lowest BCUT2D eigenvalue weighted by molar-refractivity contribution is -0.121. The largest absolute Gasteiger partial charge is 0.493 e. The highest BCUT2D eigenvalue weighted by atomic mass is 35.5. The van der Waals surface area contributed by atoms with E-state index >= 15 is 0 Å². The van der Waals surface area contributed by atoms with Crippen LogP contribution in [-0.2, 0) is 17.9 Å². The van der Waals surface area contributed by atoms with Crippen LogP contribution in [-0.4, -0.2) is 28.8 Å². The molecule has 5 aromatic rings. The highest BCUT2D eigenvalue weighted by Crippen LogP contribution is 2.32. The molecule has 1 N–H and O–H groups in total. The molecular weight excluding hydrogens is 571 g/mol.